The van der Waals surface area contributed by atoms with E-state index in [0.717, 1.165) is 24.2 Å². The lowest BCUT2D eigenvalue weighted by molar-refractivity contribution is 0.227. The van der Waals surface area contributed by atoms with Crippen LogP contribution in [-0.2, 0) is 6.42 Å². The summed E-state index contributed by atoms with van der Waals surface area (Å²) in [5.74, 6) is 1.57. The van der Waals surface area contributed by atoms with Gasteiger partial charge >= 0.3 is 0 Å². The molecule has 0 aliphatic carbocycles. The molecule has 3 atom stereocenters. The average Bonchev–Trinajstić information content (AvgIpc) is 2.97. The Hall–Kier alpha value is -1.47. The normalized spacial score (nSPS) is 19.7. The van der Waals surface area contributed by atoms with Gasteiger partial charge in [0.15, 0.2) is 0 Å². The fraction of sp³-hybridized carbons (Fsp3) is 0.368. The molecule has 0 radical (unpaired) electrons. The summed E-state index contributed by atoms with van der Waals surface area (Å²) in [6.07, 6.45) is 2.07. The first kappa shape index (κ1) is 14.5. The van der Waals surface area contributed by atoms with Crippen molar-refractivity contribution in [3.8, 4) is 5.75 Å². The van der Waals surface area contributed by atoms with Gasteiger partial charge in [-0.25, -0.2) is 0 Å². The lowest BCUT2D eigenvalue weighted by atomic mass is 9.95. The highest BCUT2D eigenvalue weighted by atomic mass is 35.5. The first-order valence-corrected chi connectivity index (χ1v) is 8.11. The van der Waals surface area contributed by atoms with Crippen molar-refractivity contribution in [2.24, 2.45) is 0 Å². The molecule has 2 aromatic rings. The minimum atomic E-state index is -0.108. The van der Waals surface area contributed by atoms with Crippen LogP contribution in [-0.4, -0.2) is 6.10 Å². The van der Waals surface area contributed by atoms with Crippen LogP contribution in [0.2, 0.25) is 0 Å². The number of fused-ring (bicyclic) bond motifs is 1. The zero-order valence-electron chi connectivity index (χ0n) is 12.6. The Morgan fingerprint density at radius 3 is 2.43 bits per heavy atom. The van der Waals surface area contributed by atoms with Gasteiger partial charge in [0.1, 0.15) is 11.9 Å². The van der Waals surface area contributed by atoms with Gasteiger partial charge in [-0.15, -0.1) is 11.6 Å². The number of rotatable bonds is 4. The second kappa shape index (κ2) is 6.11. The smallest absolute Gasteiger partial charge is 0.123 e. The van der Waals surface area contributed by atoms with Crippen molar-refractivity contribution in [1.29, 1.82) is 0 Å². The summed E-state index contributed by atoms with van der Waals surface area (Å²) >= 11 is 6.64. The van der Waals surface area contributed by atoms with Gasteiger partial charge in [-0.1, -0.05) is 56.3 Å². The van der Waals surface area contributed by atoms with Crippen molar-refractivity contribution in [2.45, 2.75) is 44.1 Å². The number of ether oxygens (including phenoxy) is 1. The molecule has 2 heteroatoms. The van der Waals surface area contributed by atoms with Crippen LogP contribution in [0, 0.1) is 0 Å². The van der Waals surface area contributed by atoms with Crippen molar-refractivity contribution in [3.05, 3.63) is 65.2 Å². The van der Waals surface area contributed by atoms with E-state index in [9.17, 15) is 0 Å². The molecule has 1 nitrogen and oxygen atoms in total. The summed E-state index contributed by atoms with van der Waals surface area (Å²) in [5.41, 5.74) is 3.77. The molecule has 2 aromatic carbocycles. The zero-order chi connectivity index (χ0) is 14.8. The summed E-state index contributed by atoms with van der Waals surface area (Å²) in [5, 5.41) is -0.108. The molecular formula is C19H21ClO. The molecule has 21 heavy (non-hydrogen) atoms. The number of hydrogen-bond donors (Lipinski definition) is 0. The van der Waals surface area contributed by atoms with Crippen LogP contribution in [0.4, 0.5) is 0 Å². The average molecular weight is 301 g/mol. The van der Waals surface area contributed by atoms with Gasteiger partial charge < -0.3 is 4.74 Å². The van der Waals surface area contributed by atoms with E-state index in [4.69, 9.17) is 16.3 Å². The molecule has 0 N–H and O–H groups in total. The maximum Gasteiger partial charge on any atom is 0.123 e. The summed E-state index contributed by atoms with van der Waals surface area (Å²) in [6, 6.07) is 16.9. The van der Waals surface area contributed by atoms with E-state index in [-0.39, 0.29) is 11.5 Å². The fourth-order valence-electron chi connectivity index (χ4n) is 2.83. The molecule has 1 aliphatic heterocycles. The number of para-hydroxylation sites is 1. The molecule has 110 valence electrons. The standard InChI is InChI=1S/C19H21ClO/c1-3-13(2)14-8-10-15(11-9-14)19(20)18-12-16-6-4-5-7-17(16)21-18/h4-11,13,18-19H,3,12H2,1-2H3. The van der Waals surface area contributed by atoms with Gasteiger partial charge in [-0.3, -0.25) is 0 Å². The van der Waals surface area contributed by atoms with Gasteiger partial charge in [0, 0.05) is 6.42 Å². The van der Waals surface area contributed by atoms with Gasteiger partial charge in [-0.2, -0.15) is 0 Å². The molecule has 0 bridgehead atoms. The van der Waals surface area contributed by atoms with E-state index in [1.807, 2.05) is 12.1 Å². The third-order valence-corrected chi connectivity index (χ3v) is 4.97. The number of hydrogen-bond acceptors (Lipinski definition) is 1. The lowest BCUT2D eigenvalue weighted by Gasteiger charge is -2.18. The second-order valence-electron chi connectivity index (χ2n) is 5.85. The van der Waals surface area contributed by atoms with Gasteiger partial charge in [0.2, 0.25) is 0 Å². The fourth-order valence-corrected chi connectivity index (χ4v) is 3.12. The van der Waals surface area contributed by atoms with Gasteiger partial charge in [-0.05, 0) is 35.1 Å². The van der Waals surface area contributed by atoms with E-state index in [1.54, 1.807) is 0 Å². The van der Waals surface area contributed by atoms with E-state index in [1.165, 1.54) is 11.1 Å². The quantitative estimate of drug-likeness (QED) is 0.679. The first-order chi connectivity index (χ1) is 10.2. The Labute approximate surface area is 131 Å². The van der Waals surface area contributed by atoms with Crippen molar-refractivity contribution in [3.63, 3.8) is 0 Å². The molecule has 0 amide bonds. The van der Waals surface area contributed by atoms with Crippen molar-refractivity contribution >= 4 is 11.6 Å². The largest absolute Gasteiger partial charge is 0.488 e. The van der Waals surface area contributed by atoms with Gasteiger partial charge in [0.25, 0.3) is 0 Å². The van der Waals surface area contributed by atoms with Crippen LogP contribution in [0.5, 0.6) is 5.75 Å². The minimum absolute atomic E-state index is 0.0264. The highest BCUT2D eigenvalue weighted by molar-refractivity contribution is 6.21. The third-order valence-electron chi connectivity index (χ3n) is 4.43. The van der Waals surface area contributed by atoms with Crippen LogP contribution in [0.3, 0.4) is 0 Å². The second-order valence-corrected chi connectivity index (χ2v) is 6.32. The topological polar surface area (TPSA) is 9.23 Å². The summed E-state index contributed by atoms with van der Waals surface area (Å²) in [4.78, 5) is 0. The third kappa shape index (κ3) is 2.94. The highest BCUT2D eigenvalue weighted by Crippen LogP contribution is 2.37. The van der Waals surface area contributed by atoms with Crippen molar-refractivity contribution in [2.75, 3.05) is 0 Å². The molecule has 1 heterocycles. The highest BCUT2D eigenvalue weighted by Gasteiger charge is 2.29. The number of benzene rings is 2. The Kier molecular flexibility index (Phi) is 4.21. The Morgan fingerprint density at radius 1 is 1.10 bits per heavy atom. The zero-order valence-corrected chi connectivity index (χ0v) is 13.3. The number of alkyl halides is 1. The Balaban J connectivity index is 1.73. The van der Waals surface area contributed by atoms with Crippen molar-refractivity contribution < 1.29 is 4.74 Å². The first-order valence-electron chi connectivity index (χ1n) is 7.67. The van der Waals surface area contributed by atoms with Gasteiger partial charge in [0.05, 0.1) is 5.38 Å². The van der Waals surface area contributed by atoms with E-state index < -0.39 is 0 Å². The maximum absolute atomic E-state index is 6.64. The van der Waals surface area contributed by atoms with Crippen LogP contribution in [0.1, 0.15) is 48.3 Å². The number of halogens is 1. The summed E-state index contributed by atoms with van der Waals surface area (Å²) in [7, 11) is 0. The predicted molar refractivity (Wildman–Crippen MR) is 88.3 cm³/mol. The molecule has 0 saturated carbocycles. The van der Waals surface area contributed by atoms with E-state index >= 15 is 0 Å². The molecule has 0 aromatic heterocycles. The van der Waals surface area contributed by atoms with Crippen LogP contribution in [0.15, 0.2) is 48.5 Å². The molecule has 3 rings (SSSR count). The lowest BCUT2D eigenvalue weighted by Crippen LogP contribution is -2.19. The molecule has 0 spiro atoms. The molecular weight excluding hydrogens is 280 g/mol. The van der Waals surface area contributed by atoms with Crippen LogP contribution in [0.25, 0.3) is 0 Å². The molecule has 3 unspecified atom stereocenters. The minimum Gasteiger partial charge on any atom is -0.488 e. The molecule has 0 fully saturated rings. The Bertz CT molecular complexity index is 580. The summed E-state index contributed by atoms with van der Waals surface area (Å²) in [6.45, 7) is 4.47. The van der Waals surface area contributed by atoms with E-state index in [0.29, 0.717) is 5.92 Å². The van der Waals surface area contributed by atoms with E-state index in [2.05, 4.69) is 50.2 Å². The van der Waals surface area contributed by atoms with Crippen LogP contribution >= 0.6 is 11.6 Å². The monoisotopic (exact) mass is 300 g/mol. The SMILES string of the molecule is CCC(C)c1ccc(C(Cl)C2Cc3ccccc3O2)cc1. The Morgan fingerprint density at radius 2 is 1.76 bits per heavy atom. The molecule has 0 saturated heterocycles. The summed E-state index contributed by atoms with van der Waals surface area (Å²) < 4.78 is 5.99. The van der Waals surface area contributed by atoms with Crippen LogP contribution < -0.4 is 4.74 Å². The molecule has 1 aliphatic rings. The maximum atomic E-state index is 6.64. The predicted octanol–water partition coefficient (Wildman–Crippen LogP) is 5.48. The van der Waals surface area contributed by atoms with Crippen molar-refractivity contribution in [1.82, 2.24) is 0 Å².